The number of nitrogens with zero attached hydrogens (tertiary/aromatic N) is 6. The molecule has 2 aromatic heterocycles. The van der Waals surface area contributed by atoms with E-state index >= 15 is 0 Å². The fourth-order valence-corrected chi connectivity index (χ4v) is 4.73. The summed E-state index contributed by atoms with van der Waals surface area (Å²) in [7, 11) is 0. The van der Waals surface area contributed by atoms with Crippen LogP contribution in [-0.2, 0) is 6.54 Å². The number of hydrogen-bond donors (Lipinski definition) is 0. The molecular weight excluding hydrogens is 376 g/mol. The highest BCUT2D eigenvalue weighted by Gasteiger charge is 2.21. The van der Waals surface area contributed by atoms with Crippen LogP contribution in [0.4, 0.5) is 5.69 Å². The van der Waals surface area contributed by atoms with Gasteiger partial charge in [-0.15, -0.1) is 0 Å². The van der Waals surface area contributed by atoms with Gasteiger partial charge in [-0.1, -0.05) is 12.8 Å². The molecule has 1 aliphatic carbocycles. The van der Waals surface area contributed by atoms with Crippen LogP contribution in [0.1, 0.15) is 43.1 Å². The smallest absolute Gasteiger partial charge is 0.261 e. The van der Waals surface area contributed by atoms with E-state index in [1.54, 1.807) is 18.7 Å². The SMILES string of the molecule is Cc1nccnc1CN1CCN(c2ccc3c(=O)n(C4CCCC4)cnc3c2)CC1. The van der Waals surface area contributed by atoms with Gasteiger partial charge in [0.15, 0.2) is 0 Å². The highest BCUT2D eigenvalue weighted by atomic mass is 16.1. The molecule has 0 N–H and O–H groups in total. The largest absolute Gasteiger partial charge is 0.369 e. The number of hydrogen-bond acceptors (Lipinski definition) is 6. The maximum absolute atomic E-state index is 12.9. The van der Waals surface area contributed by atoms with Crippen molar-refractivity contribution < 1.29 is 0 Å². The zero-order valence-electron chi connectivity index (χ0n) is 17.5. The summed E-state index contributed by atoms with van der Waals surface area (Å²) in [4.78, 5) is 31.2. The molecule has 30 heavy (non-hydrogen) atoms. The van der Waals surface area contributed by atoms with Crippen molar-refractivity contribution in [1.29, 1.82) is 0 Å². The van der Waals surface area contributed by atoms with Crippen molar-refractivity contribution in [3.8, 4) is 0 Å². The van der Waals surface area contributed by atoms with Crippen LogP contribution in [0.3, 0.4) is 0 Å². The molecule has 3 aromatic rings. The minimum atomic E-state index is 0.0996. The highest BCUT2D eigenvalue weighted by molar-refractivity contribution is 5.81. The molecule has 156 valence electrons. The van der Waals surface area contributed by atoms with Crippen molar-refractivity contribution in [2.45, 2.75) is 45.2 Å². The number of rotatable bonds is 4. The summed E-state index contributed by atoms with van der Waals surface area (Å²) >= 11 is 0. The van der Waals surface area contributed by atoms with Crippen molar-refractivity contribution >= 4 is 16.6 Å². The zero-order chi connectivity index (χ0) is 20.5. The quantitative estimate of drug-likeness (QED) is 0.666. The van der Waals surface area contributed by atoms with E-state index in [9.17, 15) is 4.79 Å². The molecule has 2 fully saturated rings. The molecular formula is C23H28N6O. The molecule has 0 spiro atoms. The molecule has 5 rings (SSSR count). The predicted molar refractivity (Wildman–Crippen MR) is 118 cm³/mol. The Morgan fingerprint density at radius 2 is 1.77 bits per heavy atom. The van der Waals surface area contributed by atoms with E-state index in [2.05, 4.69) is 36.9 Å². The first-order valence-corrected chi connectivity index (χ1v) is 10.9. The minimum absolute atomic E-state index is 0.0996. The number of aryl methyl sites for hydroxylation is 1. The van der Waals surface area contributed by atoms with E-state index in [-0.39, 0.29) is 5.56 Å². The molecule has 2 aliphatic rings. The van der Waals surface area contributed by atoms with Gasteiger partial charge in [-0.25, -0.2) is 4.98 Å². The Morgan fingerprint density at radius 3 is 2.53 bits per heavy atom. The summed E-state index contributed by atoms with van der Waals surface area (Å²) in [5.74, 6) is 0. The second kappa shape index (κ2) is 8.14. The topological polar surface area (TPSA) is 67.2 Å². The Hall–Kier alpha value is -2.80. The fourth-order valence-electron chi connectivity index (χ4n) is 4.73. The number of fused-ring (bicyclic) bond motifs is 1. The fraction of sp³-hybridized carbons (Fsp3) is 0.478. The molecule has 0 bridgehead atoms. The summed E-state index contributed by atoms with van der Waals surface area (Å²) < 4.78 is 1.85. The lowest BCUT2D eigenvalue weighted by molar-refractivity contribution is 0.246. The van der Waals surface area contributed by atoms with Crippen molar-refractivity contribution in [3.63, 3.8) is 0 Å². The normalized spacial score (nSPS) is 18.4. The monoisotopic (exact) mass is 404 g/mol. The van der Waals surface area contributed by atoms with E-state index in [0.717, 1.165) is 73.5 Å². The van der Waals surface area contributed by atoms with Gasteiger partial charge >= 0.3 is 0 Å². The standard InChI is InChI=1S/C23H28N6O/c1-17-22(25-9-8-24-17)15-27-10-12-28(13-11-27)19-6-7-20-21(14-19)26-16-29(23(20)30)18-4-2-3-5-18/h6-9,14,16,18H,2-5,10-13,15H2,1H3. The van der Waals surface area contributed by atoms with Gasteiger partial charge < -0.3 is 4.90 Å². The van der Waals surface area contributed by atoms with Gasteiger partial charge in [0.1, 0.15) is 0 Å². The third-order valence-electron chi connectivity index (χ3n) is 6.58. The van der Waals surface area contributed by atoms with Gasteiger partial charge in [-0.05, 0) is 38.0 Å². The molecule has 0 radical (unpaired) electrons. The Bertz CT molecular complexity index is 1100. The average Bonchev–Trinajstić information content (AvgIpc) is 3.31. The third-order valence-corrected chi connectivity index (χ3v) is 6.58. The summed E-state index contributed by atoms with van der Waals surface area (Å²) in [5, 5.41) is 0.727. The Morgan fingerprint density at radius 1 is 1.00 bits per heavy atom. The highest BCUT2D eigenvalue weighted by Crippen LogP contribution is 2.28. The van der Waals surface area contributed by atoms with E-state index < -0.39 is 0 Å². The molecule has 1 saturated carbocycles. The number of anilines is 1. The summed E-state index contributed by atoms with van der Waals surface area (Å²) in [6, 6.07) is 6.42. The number of piperazine rings is 1. The van der Waals surface area contributed by atoms with Crippen molar-refractivity contribution in [2.24, 2.45) is 0 Å². The van der Waals surface area contributed by atoms with E-state index in [0.29, 0.717) is 6.04 Å². The molecule has 3 heterocycles. The Labute approximate surface area is 176 Å². The first kappa shape index (κ1) is 19.2. The second-order valence-corrected chi connectivity index (χ2v) is 8.45. The lowest BCUT2D eigenvalue weighted by atomic mass is 10.1. The van der Waals surface area contributed by atoms with Crippen LogP contribution in [-0.4, -0.2) is 50.6 Å². The van der Waals surface area contributed by atoms with Crippen LogP contribution in [0.15, 0.2) is 41.7 Å². The second-order valence-electron chi connectivity index (χ2n) is 8.45. The van der Waals surface area contributed by atoms with Crippen LogP contribution in [0.2, 0.25) is 0 Å². The minimum Gasteiger partial charge on any atom is -0.369 e. The molecule has 0 amide bonds. The molecule has 1 aromatic carbocycles. The van der Waals surface area contributed by atoms with Crippen molar-refractivity contribution in [1.82, 2.24) is 24.4 Å². The van der Waals surface area contributed by atoms with Crippen LogP contribution >= 0.6 is 0 Å². The predicted octanol–water partition coefficient (Wildman–Crippen LogP) is 2.93. The molecule has 0 atom stereocenters. The van der Waals surface area contributed by atoms with Gasteiger partial charge in [-0.3, -0.25) is 24.2 Å². The van der Waals surface area contributed by atoms with E-state index in [1.165, 1.54) is 12.8 Å². The summed E-state index contributed by atoms with van der Waals surface area (Å²) in [5.41, 5.74) is 4.10. The van der Waals surface area contributed by atoms with Crippen molar-refractivity contribution in [3.05, 3.63) is 58.7 Å². The number of benzene rings is 1. The lowest BCUT2D eigenvalue weighted by Gasteiger charge is -2.36. The Balaban J connectivity index is 1.29. The van der Waals surface area contributed by atoms with Gasteiger partial charge in [0.2, 0.25) is 0 Å². The molecule has 1 aliphatic heterocycles. The first-order valence-electron chi connectivity index (χ1n) is 10.9. The van der Waals surface area contributed by atoms with Gasteiger partial charge in [-0.2, -0.15) is 0 Å². The Kier molecular flexibility index (Phi) is 5.21. The van der Waals surface area contributed by atoms with Gasteiger partial charge in [0.25, 0.3) is 5.56 Å². The maximum atomic E-state index is 12.9. The molecule has 0 unspecified atom stereocenters. The van der Waals surface area contributed by atoms with E-state index in [1.807, 2.05) is 17.6 Å². The lowest BCUT2D eigenvalue weighted by Crippen LogP contribution is -2.46. The maximum Gasteiger partial charge on any atom is 0.261 e. The molecule has 7 nitrogen and oxygen atoms in total. The molecule has 1 saturated heterocycles. The summed E-state index contributed by atoms with van der Waals surface area (Å²) in [6.45, 7) is 6.71. The zero-order valence-corrected chi connectivity index (χ0v) is 17.5. The third kappa shape index (κ3) is 3.69. The summed E-state index contributed by atoms with van der Waals surface area (Å²) in [6.07, 6.45) is 9.85. The number of aromatic nitrogens is 4. The van der Waals surface area contributed by atoms with Crippen LogP contribution in [0.25, 0.3) is 10.9 Å². The molecule has 7 heteroatoms. The van der Waals surface area contributed by atoms with Crippen LogP contribution < -0.4 is 10.5 Å². The van der Waals surface area contributed by atoms with E-state index in [4.69, 9.17) is 0 Å². The van der Waals surface area contributed by atoms with Crippen molar-refractivity contribution in [2.75, 3.05) is 31.1 Å². The average molecular weight is 405 g/mol. The van der Waals surface area contributed by atoms with Crippen LogP contribution in [0, 0.1) is 6.92 Å². The van der Waals surface area contributed by atoms with Crippen LogP contribution in [0.5, 0.6) is 0 Å². The van der Waals surface area contributed by atoms with Gasteiger partial charge in [0, 0.05) is 56.8 Å². The first-order chi connectivity index (χ1) is 14.7. The van der Waals surface area contributed by atoms with Gasteiger partial charge in [0.05, 0.1) is 28.6 Å².